The Morgan fingerprint density at radius 3 is 2.70 bits per heavy atom. The molecule has 0 fully saturated rings. The van der Waals surface area contributed by atoms with Crippen LogP contribution in [0.5, 0.6) is 5.75 Å². The normalized spacial score (nSPS) is 12.2. The van der Waals surface area contributed by atoms with Crippen molar-refractivity contribution in [2.45, 2.75) is 32.9 Å². The zero-order valence-corrected chi connectivity index (χ0v) is 19.6. The van der Waals surface area contributed by atoms with Crippen LogP contribution in [0.1, 0.15) is 22.2 Å². The summed E-state index contributed by atoms with van der Waals surface area (Å²) >= 11 is 1.85. The summed E-state index contributed by atoms with van der Waals surface area (Å²) in [6.45, 7) is 6.13. The van der Waals surface area contributed by atoms with Crippen LogP contribution in [0.3, 0.4) is 0 Å². The van der Waals surface area contributed by atoms with Crippen molar-refractivity contribution >= 4 is 41.3 Å². The quantitative estimate of drug-likeness (QED) is 0.235. The number of aliphatic imine (C=N–C) groups is 1. The van der Waals surface area contributed by atoms with Gasteiger partial charge in [0, 0.05) is 42.9 Å². The molecule has 5 nitrogen and oxygen atoms in total. The molecule has 0 aliphatic heterocycles. The molecule has 1 unspecified atom stereocenters. The Kier molecular flexibility index (Phi) is 11.4. The van der Waals surface area contributed by atoms with Crippen molar-refractivity contribution in [3.63, 3.8) is 0 Å². The second-order valence-corrected chi connectivity index (χ2v) is 7.55. The molecule has 0 amide bonds. The molecule has 0 saturated heterocycles. The maximum Gasteiger partial charge on any atom is 0.191 e. The minimum absolute atomic E-state index is 0. The molecule has 27 heavy (non-hydrogen) atoms. The number of thiophene rings is 1. The van der Waals surface area contributed by atoms with Crippen molar-refractivity contribution in [2.24, 2.45) is 4.99 Å². The molecule has 2 N–H and O–H groups in total. The number of hydrogen-bond donors (Lipinski definition) is 2. The third-order valence-electron chi connectivity index (χ3n) is 3.82. The minimum Gasteiger partial charge on any atom is -0.491 e. The molecule has 150 valence electrons. The number of nitrogens with zero attached hydrogens (tertiary/aromatic N) is 1. The van der Waals surface area contributed by atoms with Crippen LogP contribution < -0.4 is 15.4 Å². The third kappa shape index (κ3) is 8.94. The molecule has 1 aromatic heterocycles. The van der Waals surface area contributed by atoms with Crippen LogP contribution >= 0.6 is 35.3 Å². The van der Waals surface area contributed by atoms with Gasteiger partial charge in [-0.25, -0.2) is 0 Å². The first-order valence-electron chi connectivity index (χ1n) is 8.84. The Morgan fingerprint density at radius 1 is 1.22 bits per heavy atom. The van der Waals surface area contributed by atoms with Crippen molar-refractivity contribution in [1.82, 2.24) is 10.6 Å². The minimum atomic E-state index is 0. The third-order valence-corrected chi connectivity index (χ3v) is 4.85. The van der Waals surface area contributed by atoms with E-state index in [1.54, 1.807) is 14.2 Å². The zero-order valence-electron chi connectivity index (χ0n) is 16.5. The van der Waals surface area contributed by atoms with E-state index in [9.17, 15) is 0 Å². The number of guanidine groups is 1. The Morgan fingerprint density at radius 2 is 2.04 bits per heavy atom. The number of aryl methyl sites for hydroxylation is 1. The van der Waals surface area contributed by atoms with Crippen molar-refractivity contribution < 1.29 is 9.47 Å². The molecule has 1 aromatic carbocycles. The van der Waals surface area contributed by atoms with Crippen LogP contribution in [0.25, 0.3) is 0 Å². The number of methoxy groups -OCH3 is 1. The fourth-order valence-corrected chi connectivity index (χ4v) is 3.57. The van der Waals surface area contributed by atoms with Gasteiger partial charge in [0.25, 0.3) is 0 Å². The van der Waals surface area contributed by atoms with Gasteiger partial charge < -0.3 is 20.1 Å². The molecular weight excluding hydrogens is 473 g/mol. The predicted octanol–water partition coefficient (Wildman–Crippen LogP) is 4.00. The smallest absolute Gasteiger partial charge is 0.191 e. The van der Waals surface area contributed by atoms with Crippen molar-refractivity contribution in [1.29, 1.82) is 0 Å². The molecule has 0 aliphatic carbocycles. The van der Waals surface area contributed by atoms with Gasteiger partial charge >= 0.3 is 0 Å². The summed E-state index contributed by atoms with van der Waals surface area (Å²) in [5, 5.41) is 6.81. The van der Waals surface area contributed by atoms with E-state index in [0.717, 1.165) is 23.7 Å². The Hall–Kier alpha value is -1.32. The van der Waals surface area contributed by atoms with E-state index in [1.165, 1.54) is 9.75 Å². The highest BCUT2D eigenvalue weighted by molar-refractivity contribution is 14.0. The summed E-state index contributed by atoms with van der Waals surface area (Å²) in [6.07, 6.45) is 0.988. The lowest BCUT2D eigenvalue weighted by atomic mass is 10.2. The highest BCUT2D eigenvalue weighted by atomic mass is 127. The standard InChI is InChI=1S/C20H29N3O2S.HI/c1-15(12-19-9-8-16(2)26-19)23-20(21-3)22-14-17-6-5-7-18(13-17)25-11-10-24-4;/h5-9,13,15H,10-12,14H2,1-4H3,(H2,21,22,23);1H. The molecule has 0 bridgehead atoms. The van der Waals surface area contributed by atoms with Crippen LogP contribution in [0.15, 0.2) is 41.4 Å². The van der Waals surface area contributed by atoms with Gasteiger partial charge in [0.2, 0.25) is 0 Å². The molecule has 0 saturated carbocycles. The van der Waals surface area contributed by atoms with Crippen molar-refractivity contribution in [2.75, 3.05) is 27.4 Å². The lowest BCUT2D eigenvalue weighted by Crippen LogP contribution is -2.42. The van der Waals surface area contributed by atoms with E-state index < -0.39 is 0 Å². The zero-order chi connectivity index (χ0) is 18.8. The molecule has 7 heteroatoms. The van der Waals surface area contributed by atoms with Gasteiger partial charge in [-0.05, 0) is 43.7 Å². The highest BCUT2D eigenvalue weighted by Crippen LogP contribution is 2.16. The van der Waals surface area contributed by atoms with E-state index >= 15 is 0 Å². The summed E-state index contributed by atoms with van der Waals surface area (Å²) in [5.41, 5.74) is 1.14. The number of ether oxygens (including phenoxy) is 2. The molecule has 2 rings (SSSR count). The van der Waals surface area contributed by atoms with E-state index in [4.69, 9.17) is 9.47 Å². The lowest BCUT2D eigenvalue weighted by Gasteiger charge is -2.17. The van der Waals surface area contributed by atoms with Gasteiger partial charge in [-0.15, -0.1) is 35.3 Å². The van der Waals surface area contributed by atoms with Crippen molar-refractivity contribution in [3.8, 4) is 5.75 Å². The molecule has 0 radical (unpaired) electrons. The molecule has 2 aromatic rings. The second kappa shape index (κ2) is 13.0. The number of nitrogens with one attached hydrogen (secondary N) is 2. The molecular formula is C20H30IN3O2S. The molecule has 0 aliphatic rings. The average molecular weight is 503 g/mol. The van der Waals surface area contributed by atoms with Crippen LogP contribution in [0, 0.1) is 6.92 Å². The summed E-state index contributed by atoms with van der Waals surface area (Å²) < 4.78 is 10.7. The lowest BCUT2D eigenvalue weighted by molar-refractivity contribution is 0.146. The van der Waals surface area contributed by atoms with Crippen LogP contribution in [-0.4, -0.2) is 39.4 Å². The first-order chi connectivity index (χ1) is 12.6. The number of hydrogen-bond acceptors (Lipinski definition) is 4. The maximum absolute atomic E-state index is 5.66. The van der Waals surface area contributed by atoms with E-state index in [2.05, 4.69) is 47.7 Å². The first-order valence-corrected chi connectivity index (χ1v) is 9.65. The highest BCUT2D eigenvalue weighted by Gasteiger charge is 2.08. The van der Waals surface area contributed by atoms with Crippen molar-refractivity contribution in [3.05, 3.63) is 51.7 Å². The predicted molar refractivity (Wildman–Crippen MR) is 125 cm³/mol. The Bertz CT molecular complexity index is 706. The fraction of sp³-hybridized carbons (Fsp3) is 0.450. The fourth-order valence-electron chi connectivity index (χ4n) is 2.55. The number of rotatable bonds is 9. The summed E-state index contributed by atoms with van der Waals surface area (Å²) in [5.74, 6) is 1.65. The topological polar surface area (TPSA) is 54.9 Å². The molecule has 0 spiro atoms. The SMILES string of the molecule is CN=C(NCc1cccc(OCCOC)c1)NC(C)Cc1ccc(C)s1.I. The van der Waals surface area contributed by atoms with E-state index in [0.29, 0.717) is 25.8 Å². The number of benzene rings is 1. The maximum atomic E-state index is 5.66. The molecule has 1 heterocycles. The van der Waals surface area contributed by atoms with Gasteiger partial charge in [0.05, 0.1) is 6.61 Å². The van der Waals surface area contributed by atoms with Crippen LogP contribution in [0.4, 0.5) is 0 Å². The van der Waals surface area contributed by atoms with Crippen LogP contribution in [0.2, 0.25) is 0 Å². The average Bonchev–Trinajstić information content (AvgIpc) is 3.04. The van der Waals surface area contributed by atoms with Gasteiger partial charge in [0.15, 0.2) is 5.96 Å². The van der Waals surface area contributed by atoms with E-state index in [-0.39, 0.29) is 24.0 Å². The Labute approximate surface area is 183 Å². The van der Waals surface area contributed by atoms with Gasteiger partial charge in [-0.3, -0.25) is 4.99 Å². The van der Waals surface area contributed by atoms with E-state index in [1.807, 2.05) is 29.5 Å². The first kappa shape index (κ1) is 23.7. The van der Waals surface area contributed by atoms with Gasteiger partial charge in [-0.2, -0.15) is 0 Å². The molecule has 1 atom stereocenters. The Balaban J connectivity index is 0.00000364. The second-order valence-electron chi connectivity index (χ2n) is 6.18. The monoisotopic (exact) mass is 503 g/mol. The summed E-state index contributed by atoms with van der Waals surface area (Å²) in [6, 6.07) is 12.7. The van der Waals surface area contributed by atoms with Gasteiger partial charge in [-0.1, -0.05) is 12.1 Å². The van der Waals surface area contributed by atoms with Crippen LogP contribution in [-0.2, 0) is 17.7 Å². The van der Waals surface area contributed by atoms with Gasteiger partial charge in [0.1, 0.15) is 12.4 Å². The largest absolute Gasteiger partial charge is 0.491 e. The summed E-state index contributed by atoms with van der Waals surface area (Å²) in [4.78, 5) is 7.06. The number of halogens is 1. The summed E-state index contributed by atoms with van der Waals surface area (Å²) in [7, 11) is 3.46.